The van der Waals surface area contributed by atoms with Crippen molar-refractivity contribution in [1.82, 2.24) is 0 Å². The molecule has 18 heavy (non-hydrogen) atoms. The Morgan fingerprint density at radius 2 is 1.06 bits per heavy atom. The van der Waals surface area contributed by atoms with Gasteiger partial charge in [-0.15, -0.1) is 0 Å². The Bertz CT molecular complexity index is 123. The summed E-state index contributed by atoms with van der Waals surface area (Å²) in [7, 11) is 0. The number of ether oxygens (including phenoxy) is 1. The Hall–Kier alpha value is 0.310. The van der Waals surface area contributed by atoms with E-state index in [0.29, 0.717) is 0 Å². The maximum atomic E-state index is 5.65. The zero-order valence-corrected chi connectivity index (χ0v) is 13.4. The summed E-state index contributed by atoms with van der Waals surface area (Å²) in [6.45, 7) is 4.21. The molecule has 0 aliphatic rings. The molecule has 0 aromatic rings. The summed E-state index contributed by atoms with van der Waals surface area (Å²) < 4.78 is 5.65. The average molecular weight is 275 g/mol. The predicted molar refractivity (Wildman–Crippen MR) is 85.8 cm³/mol. The Balaban J connectivity index is 2.86. The van der Waals surface area contributed by atoms with E-state index in [-0.39, 0.29) is 0 Å². The standard InChI is InChI=1S/C16H34OS/c1-2-3-4-8-11-14-17-15-12-9-6-5-7-10-13-16-18/h18H,2-16H2,1H3. The first-order valence-corrected chi connectivity index (χ1v) is 8.73. The first kappa shape index (κ1) is 18.3. The molecule has 0 N–H and O–H groups in total. The molecule has 0 spiro atoms. The van der Waals surface area contributed by atoms with Crippen LogP contribution in [0.2, 0.25) is 0 Å². The number of rotatable bonds is 15. The molecular formula is C16H34OS. The molecule has 1 nitrogen and oxygen atoms in total. The monoisotopic (exact) mass is 274 g/mol. The second-order valence-corrected chi connectivity index (χ2v) is 5.67. The number of unbranched alkanes of at least 4 members (excludes halogenated alkanes) is 10. The summed E-state index contributed by atoms with van der Waals surface area (Å²) in [6.07, 6.45) is 16.1. The maximum absolute atomic E-state index is 5.65. The minimum absolute atomic E-state index is 0.977. The summed E-state index contributed by atoms with van der Waals surface area (Å²) in [4.78, 5) is 0. The fraction of sp³-hybridized carbons (Fsp3) is 1.00. The second-order valence-electron chi connectivity index (χ2n) is 5.23. The van der Waals surface area contributed by atoms with E-state index < -0.39 is 0 Å². The molecule has 0 rings (SSSR count). The van der Waals surface area contributed by atoms with Crippen LogP contribution in [0.3, 0.4) is 0 Å². The Labute approximate surface area is 120 Å². The normalized spacial score (nSPS) is 11.0. The van der Waals surface area contributed by atoms with Gasteiger partial charge in [-0.25, -0.2) is 0 Å². The average Bonchev–Trinajstić information content (AvgIpc) is 2.39. The van der Waals surface area contributed by atoms with E-state index in [0.717, 1.165) is 19.0 Å². The lowest BCUT2D eigenvalue weighted by Gasteiger charge is -2.04. The van der Waals surface area contributed by atoms with Crippen LogP contribution in [0.25, 0.3) is 0 Å². The third-order valence-corrected chi connectivity index (χ3v) is 3.66. The van der Waals surface area contributed by atoms with Crippen LogP contribution >= 0.6 is 12.6 Å². The lowest BCUT2D eigenvalue weighted by atomic mass is 10.1. The van der Waals surface area contributed by atoms with Crippen molar-refractivity contribution in [2.24, 2.45) is 0 Å². The summed E-state index contributed by atoms with van der Waals surface area (Å²) >= 11 is 4.22. The zero-order valence-electron chi connectivity index (χ0n) is 12.5. The Kier molecular flexibility index (Phi) is 17.6. The van der Waals surface area contributed by atoms with E-state index in [1.807, 2.05) is 0 Å². The third-order valence-electron chi connectivity index (χ3n) is 3.34. The van der Waals surface area contributed by atoms with Crippen molar-refractivity contribution in [1.29, 1.82) is 0 Å². The van der Waals surface area contributed by atoms with Gasteiger partial charge < -0.3 is 4.74 Å². The highest BCUT2D eigenvalue weighted by molar-refractivity contribution is 7.80. The highest BCUT2D eigenvalue weighted by atomic mass is 32.1. The molecular weight excluding hydrogens is 240 g/mol. The largest absolute Gasteiger partial charge is 0.381 e. The second kappa shape index (κ2) is 17.3. The maximum Gasteiger partial charge on any atom is 0.0466 e. The lowest BCUT2D eigenvalue weighted by molar-refractivity contribution is 0.125. The SMILES string of the molecule is CCCCCCCOCCCCCCCCCS. The molecule has 0 radical (unpaired) electrons. The number of hydrogen-bond acceptors (Lipinski definition) is 2. The molecule has 0 unspecified atom stereocenters. The molecule has 110 valence electrons. The summed E-state index contributed by atoms with van der Waals surface area (Å²) in [5.74, 6) is 1.05. The van der Waals surface area contributed by atoms with E-state index in [2.05, 4.69) is 19.6 Å². The van der Waals surface area contributed by atoms with Gasteiger partial charge in [0.1, 0.15) is 0 Å². The zero-order chi connectivity index (χ0) is 13.3. The van der Waals surface area contributed by atoms with E-state index in [9.17, 15) is 0 Å². The highest BCUT2D eigenvalue weighted by Gasteiger charge is 1.93. The first-order chi connectivity index (χ1) is 8.91. The molecule has 2 heteroatoms. The van der Waals surface area contributed by atoms with Gasteiger partial charge in [0.2, 0.25) is 0 Å². The van der Waals surface area contributed by atoms with Gasteiger partial charge >= 0.3 is 0 Å². The van der Waals surface area contributed by atoms with Crippen LogP contribution < -0.4 is 0 Å². The van der Waals surface area contributed by atoms with Gasteiger partial charge in [0.15, 0.2) is 0 Å². The molecule has 0 amide bonds. The fourth-order valence-electron chi connectivity index (χ4n) is 2.11. The summed E-state index contributed by atoms with van der Waals surface area (Å²) in [5, 5.41) is 0. The molecule has 0 bridgehead atoms. The van der Waals surface area contributed by atoms with Crippen molar-refractivity contribution in [3.05, 3.63) is 0 Å². The third kappa shape index (κ3) is 16.3. The van der Waals surface area contributed by atoms with Crippen LogP contribution in [0.1, 0.15) is 84.0 Å². The Morgan fingerprint density at radius 1 is 0.611 bits per heavy atom. The topological polar surface area (TPSA) is 9.23 Å². The summed E-state index contributed by atoms with van der Waals surface area (Å²) in [6, 6.07) is 0. The van der Waals surface area contributed by atoms with Gasteiger partial charge in [-0.05, 0) is 25.0 Å². The van der Waals surface area contributed by atoms with Gasteiger partial charge in [0.25, 0.3) is 0 Å². The van der Waals surface area contributed by atoms with Crippen LogP contribution in [0.15, 0.2) is 0 Å². The van der Waals surface area contributed by atoms with Crippen molar-refractivity contribution in [3.63, 3.8) is 0 Å². The highest BCUT2D eigenvalue weighted by Crippen LogP contribution is 2.08. The molecule has 0 heterocycles. The van der Waals surface area contributed by atoms with Crippen LogP contribution in [0.4, 0.5) is 0 Å². The fourth-order valence-corrected chi connectivity index (χ4v) is 2.33. The number of thiol groups is 1. The van der Waals surface area contributed by atoms with Crippen LogP contribution in [0.5, 0.6) is 0 Å². The first-order valence-electron chi connectivity index (χ1n) is 8.10. The molecule has 0 aliphatic heterocycles. The minimum Gasteiger partial charge on any atom is -0.381 e. The van der Waals surface area contributed by atoms with Crippen molar-refractivity contribution in [3.8, 4) is 0 Å². The van der Waals surface area contributed by atoms with Crippen LogP contribution in [0, 0.1) is 0 Å². The molecule has 0 aliphatic carbocycles. The molecule has 0 aromatic carbocycles. The van der Waals surface area contributed by atoms with E-state index >= 15 is 0 Å². The van der Waals surface area contributed by atoms with E-state index in [1.54, 1.807) is 0 Å². The molecule has 0 aromatic heterocycles. The van der Waals surface area contributed by atoms with Gasteiger partial charge in [0.05, 0.1) is 0 Å². The van der Waals surface area contributed by atoms with Crippen molar-refractivity contribution in [2.45, 2.75) is 84.0 Å². The van der Waals surface area contributed by atoms with Gasteiger partial charge in [-0.3, -0.25) is 0 Å². The van der Waals surface area contributed by atoms with Crippen molar-refractivity contribution < 1.29 is 4.74 Å². The van der Waals surface area contributed by atoms with Crippen molar-refractivity contribution >= 4 is 12.6 Å². The van der Waals surface area contributed by atoms with Crippen LogP contribution in [-0.2, 0) is 4.74 Å². The predicted octanol–water partition coefficient (Wildman–Crippen LogP) is 5.63. The van der Waals surface area contributed by atoms with E-state index in [4.69, 9.17) is 4.74 Å². The van der Waals surface area contributed by atoms with Gasteiger partial charge in [0, 0.05) is 13.2 Å². The van der Waals surface area contributed by atoms with Crippen molar-refractivity contribution in [2.75, 3.05) is 19.0 Å². The smallest absolute Gasteiger partial charge is 0.0466 e. The molecule has 0 atom stereocenters. The molecule has 0 saturated heterocycles. The molecule has 0 saturated carbocycles. The Morgan fingerprint density at radius 3 is 1.56 bits per heavy atom. The number of hydrogen-bond donors (Lipinski definition) is 1. The van der Waals surface area contributed by atoms with Crippen LogP contribution in [-0.4, -0.2) is 19.0 Å². The minimum atomic E-state index is 0.977. The molecule has 0 fully saturated rings. The van der Waals surface area contributed by atoms with Gasteiger partial charge in [-0.1, -0.05) is 64.7 Å². The summed E-state index contributed by atoms with van der Waals surface area (Å²) in [5.41, 5.74) is 0. The van der Waals surface area contributed by atoms with E-state index in [1.165, 1.54) is 77.0 Å². The van der Waals surface area contributed by atoms with Gasteiger partial charge in [-0.2, -0.15) is 12.6 Å². The lowest BCUT2D eigenvalue weighted by Crippen LogP contribution is -1.97. The quantitative estimate of drug-likeness (QED) is 0.300.